The SMILES string of the molecule is OCC[C@H](O)CNCC1CCCCC1. The Hall–Kier alpha value is -0.120. The summed E-state index contributed by atoms with van der Waals surface area (Å²) in [6, 6.07) is 0. The van der Waals surface area contributed by atoms with E-state index in [9.17, 15) is 5.11 Å². The van der Waals surface area contributed by atoms with Crippen molar-refractivity contribution in [2.75, 3.05) is 19.7 Å². The van der Waals surface area contributed by atoms with Gasteiger partial charge < -0.3 is 15.5 Å². The number of nitrogens with one attached hydrogen (secondary N) is 1. The van der Waals surface area contributed by atoms with Gasteiger partial charge in [0, 0.05) is 13.2 Å². The van der Waals surface area contributed by atoms with E-state index in [1.165, 1.54) is 32.1 Å². The lowest BCUT2D eigenvalue weighted by Gasteiger charge is -2.22. The first-order valence-electron chi connectivity index (χ1n) is 5.82. The van der Waals surface area contributed by atoms with Gasteiger partial charge >= 0.3 is 0 Å². The smallest absolute Gasteiger partial charge is 0.0686 e. The molecule has 0 saturated heterocycles. The second kappa shape index (κ2) is 7.21. The molecule has 0 unspecified atom stereocenters. The maximum absolute atomic E-state index is 9.36. The number of hydrogen-bond donors (Lipinski definition) is 3. The normalized spacial score (nSPS) is 21.0. The van der Waals surface area contributed by atoms with Crippen molar-refractivity contribution in [3.63, 3.8) is 0 Å². The Balaban J connectivity index is 1.96. The van der Waals surface area contributed by atoms with E-state index >= 15 is 0 Å². The van der Waals surface area contributed by atoms with Crippen LogP contribution < -0.4 is 5.32 Å². The quantitative estimate of drug-likeness (QED) is 0.598. The van der Waals surface area contributed by atoms with Crippen molar-refractivity contribution in [2.24, 2.45) is 5.92 Å². The van der Waals surface area contributed by atoms with Crippen LogP contribution in [0.25, 0.3) is 0 Å². The van der Waals surface area contributed by atoms with Crippen molar-refractivity contribution in [3.8, 4) is 0 Å². The third-order valence-corrected chi connectivity index (χ3v) is 3.00. The Kier molecular flexibility index (Phi) is 6.15. The Labute approximate surface area is 86.5 Å². The van der Waals surface area contributed by atoms with Gasteiger partial charge in [-0.05, 0) is 31.7 Å². The fraction of sp³-hybridized carbons (Fsp3) is 1.00. The highest BCUT2D eigenvalue weighted by Crippen LogP contribution is 2.22. The van der Waals surface area contributed by atoms with Gasteiger partial charge in [-0.2, -0.15) is 0 Å². The largest absolute Gasteiger partial charge is 0.396 e. The zero-order chi connectivity index (χ0) is 10.2. The molecular formula is C11H23NO2. The summed E-state index contributed by atoms with van der Waals surface area (Å²) >= 11 is 0. The number of aliphatic hydroxyl groups is 2. The van der Waals surface area contributed by atoms with Crippen LogP contribution in [-0.4, -0.2) is 36.0 Å². The van der Waals surface area contributed by atoms with Gasteiger partial charge in [-0.3, -0.25) is 0 Å². The number of hydrogen-bond acceptors (Lipinski definition) is 3. The van der Waals surface area contributed by atoms with E-state index in [0.717, 1.165) is 12.5 Å². The minimum atomic E-state index is -0.386. The molecule has 0 heterocycles. The third kappa shape index (κ3) is 4.94. The first-order valence-corrected chi connectivity index (χ1v) is 5.82. The molecule has 3 N–H and O–H groups in total. The summed E-state index contributed by atoms with van der Waals surface area (Å²) < 4.78 is 0. The molecule has 1 rings (SSSR count). The van der Waals surface area contributed by atoms with Gasteiger partial charge in [0.1, 0.15) is 0 Å². The first-order chi connectivity index (χ1) is 6.83. The van der Waals surface area contributed by atoms with E-state index in [1.54, 1.807) is 0 Å². The van der Waals surface area contributed by atoms with Crippen molar-refractivity contribution in [1.29, 1.82) is 0 Å². The molecule has 0 radical (unpaired) electrons. The predicted octanol–water partition coefficient (Wildman–Crippen LogP) is 0.900. The van der Waals surface area contributed by atoms with Gasteiger partial charge in [-0.25, -0.2) is 0 Å². The minimum Gasteiger partial charge on any atom is -0.396 e. The van der Waals surface area contributed by atoms with E-state index in [-0.39, 0.29) is 12.7 Å². The second-order valence-electron chi connectivity index (χ2n) is 4.33. The van der Waals surface area contributed by atoms with Crippen LogP contribution in [0.2, 0.25) is 0 Å². The molecule has 0 aromatic carbocycles. The molecule has 3 nitrogen and oxygen atoms in total. The Morgan fingerprint density at radius 1 is 1.21 bits per heavy atom. The van der Waals surface area contributed by atoms with Crippen molar-refractivity contribution in [1.82, 2.24) is 5.32 Å². The van der Waals surface area contributed by atoms with Crippen LogP contribution in [-0.2, 0) is 0 Å². The topological polar surface area (TPSA) is 52.5 Å². The monoisotopic (exact) mass is 201 g/mol. The summed E-state index contributed by atoms with van der Waals surface area (Å²) in [6.07, 6.45) is 6.90. The molecular weight excluding hydrogens is 178 g/mol. The number of rotatable bonds is 6. The zero-order valence-electron chi connectivity index (χ0n) is 8.91. The van der Waals surface area contributed by atoms with Crippen molar-refractivity contribution < 1.29 is 10.2 Å². The van der Waals surface area contributed by atoms with Gasteiger partial charge in [0.05, 0.1) is 6.10 Å². The Morgan fingerprint density at radius 2 is 1.93 bits per heavy atom. The van der Waals surface area contributed by atoms with Crippen LogP contribution in [0.1, 0.15) is 38.5 Å². The summed E-state index contributed by atoms with van der Waals surface area (Å²) in [6.45, 7) is 1.73. The first kappa shape index (κ1) is 12.0. The average molecular weight is 201 g/mol. The summed E-state index contributed by atoms with van der Waals surface area (Å²) in [7, 11) is 0. The summed E-state index contributed by atoms with van der Waals surface area (Å²) in [5.74, 6) is 0.810. The Morgan fingerprint density at radius 3 is 2.57 bits per heavy atom. The molecule has 1 atom stereocenters. The highest BCUT2D eigenvalue weighted by molar-refractivity contribution is 4.69. The minimum absolute atomic E-state index is 0.0757. The fourth-order valence-corrected chi connectivity index (χ4v) is 2.10. The second-order valence-corrected chi connectivity index (χ2v) is 4.33. The number of aliphatic hydroxyl groups excluding tert-OH is 2. The van der Waals surface area contributed by atoms with Crippen LogP contribution in [0.5, 0.6) is 0 Å². The van der Waals surface area contributed by atoms with Crippen LogP contribution >= 0.6 is 0 Å². The van der Waals surface area contributed by atoms with Gasteiger partial charge in [0.25, 0.3) is 0 Å². The molecule has 0 aliphatic heterocycles. The maximum atomic E-state index is 9.36. The van der Waals surface area contributed by atoms with Crippen LogP contribution in [0, 0.1) is 5.92 Å². The molecule has 0 amide bonds. The molecule has 1 fully saturated rings. The van der Waals surface area contributed by atoms with Crippen LogP contribution in [0.15, 0.2) is 0 Å². The Bertz CT molecular complexity index is 135. The van der Waals surface area contributed by atoms with E-state index in [0.29, 0.717) is 13.0 Å². The van der Waals surface area contributed by atoms with Gasteiger partial charge in [0.15, 0.2) is 0 Å². The van der Waals surface area contributed by atoms with Gasteiger partial charge in [-0.1, -0.05) is 19.3 Å². The molecule has 1 aliphatic carbocycles. The van der Waals surface area contributed by atoms with Crippen molar-refractivity contribution >= 4 is 0 Å². The molecule has 84 valence electrons. The van der Waals surface area contributed by atoms with E-state index in [1.807, 2.05) is 0 Å². The molecule has 0 bridgehead atoms. The lowest BCUT2D eigenvalue weighted by atomic mass is 9.89. The van der Waals surface area contributed by atoms with Gasteiger partial charge in [-0.15, -0.1) is 0 Å². The summed E-state index contributed by atoms with van der Waals surface area (Å²) in [4.78, 5) is 0. The molecule has 3 heteroatoms. The third-order valence-electron chi connectivity index (χ3n) is 3.00. The molecule has 1 saturated carbocycles. The van der Waals surface area contributed by atoms with Crippen LogP contribution in [0.3, 0.4) is 0 Å². The molecule has 0 aromatic heterocycles. The van der Waals surface area contributed by atoms with Gasteiger partial charge in [0.2, 0.25) is 0 Å². The summed E-state index contributed by atoms with van der Waals surface area (Å²) in [5.41, 5.74) is 0. The highest BCUT2D eigenvalue weighted by Gasteiger charge is 2.13. The fourth-order valence-electron chi connectivity index (χ4n) is 2.10. The summed E-state index contributed by atoms with van der Waals surface area (Å²) in [5, 5.41) is 21.2. The maximum Gasteiger partial charge on any atom is 0.0686 e. The highest BCUT2D eigenvalue weighted by atomic mass is 16.3. The molecule has 1 aliphatic rings. The van der Waals surface area contributed by atoms with Crippen molar-refractivity contribution in [3.05, 3.63) is 0 Å². The standard InChI is InChI=1S/C11H23NO2/c13-7-6-11(14)9-12-8-10-4-2-1-3-5-10/h10-14H,1-9H2/t11-/m0/s1. The van der Waals surface area contributed by atoms with E-state index in [2.05, 4.69) is 5.32 Å². The zero-order valence-corrected chi connectivity index (χ0v) is 8.91. The van der Waals surface area contributed by atoms with Crippen molar-refractivity contribution in [2.45, 2.75) is 44.6 Å². The molecule has 0 spiro atoms. The lowest BCUT2D eigenvalue weighted by molar-refractivity contribution is 0.129. The lowest BCUT2D eigenvalue weighted by Crippen LogP contribution is -2.32. The predicted molar refractivity (Wildman–Crippen MR) is 57.2 cm³/mol. The molecule has 14 heavy (non-hydrogen) atoms. The van der Waals surface area contributed by atoms with Crippen LogP contribution in [0.4, 0.5) is 0 Å². The van der Waals surface area contributed by atoms with E-state index in [4.69, 9.17) is 5.11 Å². The average Bonchev–Trinajstić information content (AvgIpc) is 2.20. The molecule has 0 aromatic rings. The van der Waals surface area contributed by atoms with E-state index < -0.39 is 0 Å².